The summed E-state index contributed by atoms with van der Waals surface area (Å²) < 4.78 is 35.0. The van der Waals surface area contributed by atoms with Gasteiger partial charge in [0.2, 0.25) is 5.88 Å². The fourth-order valence-corrected chi connectivity index (χ4v) is 3.94. The Morgan fingerprint density at radius 1 is 1.24 bits per heavy atom. The second-order valence-electron chi connectivity index (χ2n) is 6.30. The SMILES string of the molecule is O=C(c1ccsc1-n1nccn1)N1CCC[C@@H](Oc2cc(OC(F)F)ccn2)C1. The third-order valence-electron chi connectivity index (χ3n) is 4.36. The molecule has 1 saturated heterocycles. The van der Waals surface area contributed by atoms with E-state index in [1.807, 2.05) is 5.38 Å². The minimum absolute atomic E-state index is 0.0246. The Morgan fingerprint density at radius 2 is 2.07 bits per heavy atom. The molecule has 8 nitrogen and oxygen atoms in total. The highest BCUT2D eigenvalue weighted by Crippen LogP contribution is 2.25. The third kappa shape index (κ3) is 4.50. The summed E-state index contributed by atoms with van der Waals surface area (Å²) in [5.41, 5.74) is 0.525. The van der Waals surface area contributed by atoms with E-state index in [-0.39, 0.29) is 23.6 Å². The lowest BCUT2D eigenvalue weighted by Gasteiger charge is -2.32. The van der Waals surface area contributed by atoms with E-state index in [0.717, 1.165) is 12.8 Å². The Labute approximate surface area is 168 Å². The molecular weight excluding hydrogens is 404 g/mol. The maximum atomic E-state index is 13.0. The van der Waals surface area contributed by atoms with Gasteiger partial charge in [0.15, 0.2) is 5.00 Å². The fourth-order valence-electron chi connectivity index (χ4n) is 3.13. The number of piperidine rings is 1. The Kier molecular flexibility index (Phi) is 5.65. The molecule has 0 unspecified atom stereocenters. The van der Waals surface area contributed by atoms with Crippen LogP contribution in [0, 0.1) is 0 Å². The number of amides is 1. The Bertz CT molecular complexity index is 966. The molecule has 3 aromatic heterocycles. The van der Waals surface area contributed by atoms with E-state index in [0.29, 0.717) is 23.7 Å². The van der Waals surface area contributed by atoms with Crippen LogP contribution < -0.4 is 9.47 Å². The van der Waals surface area contributed by atoms with Crippen LogP contribution in [0.1, 0.15) is 23.2 Å². The predicted molar refractivity (Wildman–Crippen MR) is 99.7 cm³/mol. The first-order valence-electron chi connectivity index (χ1n) is 8.91. The molecule has 3 aromatic rings. The van der Waals surface area contributed by atoms with Crippen LogP contribution in [0.5, 0.6) is 11.6 Å². The van der Waals surface area contributed by atoms with Crippen molar-refractivity contribution in [2.24, 2.45) is 0 Å². The lowest BCUT2D eigenvalue weighted by molar-refractivity contribution is -0.0501. The van der Waals surface area contributed by atoms with E-state index in [1.165, 1.54) is 34.5 Å². The topological polar surface area (TPSA) is 82.4 Å². The molecule has 0 aliphatic carbocycles. The quantitative estimate of drug-likeness (QED) is 0.609. The lowest BCUT2D eigenvalue weighted by Crippen LogP contribution is -2.44. The number of hydrogen-bond acceptors (Lipinski definition) is 7. The molecule has 0 spiro atoms. The van der Waals surface area contributed by atoms with Crippen LogP contribution in [0.15, 0.2) is 42.2 Å². The first kappa shape index (κ1) is 19.2. The van der Waals surface area contributed by atoms with Crippen LogP contribution in [0.4, 0.5) is 8.78 Å². The summed E-state index contributed by atoms with van der Waals surface area (Å²) in [6.07, 6.45) is 5.63. The summed E-state index contributed by atoms with van der Waals surface area (Å²) in [5, 5.41) is 10.7. The highest BCUT2D eigenvalue weighted by atomic mass is 32.1. The van der Waals surface area contributed by atoms with Gasteiger partial charge in [-0.25, -0.2) is 4.98 Å². The number of hydrogen-bond donors (Lipinski definition) is 0. The number of ether oxygens (including phenoxy) is 2. The van der Waals surface area contributed by atoms with Gasteiger partial charge in [0.25, 0.3) is 5.91 Å². The van der Waals surface area contributed by atoms with Gasteiger partial charge in [0.1, 0.15) is 11.9 Å². The molecule has 0 N–H and O–H groups in total. The second-order valence-corrected chi connectivity index (χ2v) is 7.19. The average molecular weight is 421 g/mol. The van der Waals surface area contributed by atoms with Crippen LogP contribution in [0.3, 0.4) is 0 Å². The van der Waals surface area contributed by atoms with Crippen LogP contribution in [0.25, 0.3) is 5.00 Å². The van der Waals surface area contributed by atoms with Gasteiger partial charge in [-0.05, 0) is 30.4 Å². The van der Waals surface area contributed by atoms with Gasteiger partial charge in [0, 0.05) is 18.8 Å². The van der Waals surface area contributed by atoms with Gasteiger partial charge in [0.05, 0.1) is 24.5 Å². The van der Waals surface area contributed by atoms with E-state index >= 15 is 0 Å². The summed E-state index contributed by atoms with van der Waals surface area (Å²) >= 11 is 1.38. The van der Waals surface area contributed by atoms with Crippen molar-refractivity contribution in [3.8, 4) is 16.6 Å². The molecule has 1 aliphatic heterocycles. The van der Waals surface area contributed by atoms with Crippen LogP contribution in [0.2, 0.25) is 0 Å². The number of rotatable bonds is 6. The van der Waals surface area contributed by atoms with Crippen molar-refractivity contribution in [1.82, 2.24) is 24.9 Å². The molecule has 0 bridgehead atoms. The third-order valence-corrected chi connectivity index (χ3v) is 5.24. The minimum Gasteiger partial charge on any atom is -0.472 e. The smallest absolute Gasteiger partial charge is 0.387 e. The number of carbonyl (C=O) groups excluding carboxylic acids is 1. The molecule has 4 rings (SSSR count). The van der Waals surface area contributed by atoms with Crippen molar-refractivity contribution < 1.29 is 23.0 Å². The monoisotopic (exact) mass is 421 g/mol. The summed E-state index contributed by atoms with van der Waals surface area (Å²) in [5.74, 6) is 0.0254. The second kappa shape index (κ2) is 8.52. The predicted octanol–water partition coefficient (Wildman–Crippen LogP) is 3.01. The normalized spacial score (nSPS) is 16.8. The molecule has 4 heterocycles. The van der Waals surface area contributed by atoms with Crippen molar-refractivity contribution >= 4 is 17.2 Å². The molecule has 0 radical (unpaired) electrons. The number of nitrogens with zero attached hydrogens (tertiary/aromatic N) is 5. The fraction of sp³-hybridized carbons (Fsp3) is 0.333. The zero-order valence-corrected chi connectivity index (χ0v) is 16.0. The lowest BCUT2D eigenvalue weighted by atomic mass is 10.1. The van der Waals surface area contributed by atoms with Crippen LogP contribution in [-0.4, -0.2) is 56.6 Å². The zero-order valence-electron chi connectivity index (χ0n) is 15.1. The number of carbonyl (C=O) groups is 1. The first-order valence-corrected chi connectivity index (χ1v) is 9.79. The van der Waals surface area contributed by atoms with Gasteiger partial charge < -0.3 is 14.4 Å². The van der Waals surface area contributed by atoms with Crippen molar-refractivity contribution in [2.45, 2.75) is 25.6 Å². The number of thiophene rings is 1. The van der Waals surface area contributed by atoms with Gasteiger partial charge in [-0.2, -0.15) is 19.0 Å². The van der Waals surface area contributed by atoms with E-state index < -0.39 is 6.61 Å². The largest absolute Gasteiger partial charge is 0.472 e. The molecule has 1 atom stereocenters. The summed E-state index contributed by atoms with van der Waals surface area (Å²) in [4.78, 5) is 20.2. The molecule has 11 heteroatoms. The number of alkyl halides is 2. The van der Waals surface area contributed by atoms with Crippen molar-refractivity contribution in [2.75, 3.05) is 13.1 Å². The Hall–Kier alpha value is -3.08. The van der Waals surface area contributed by atoms with Gasteiger partial charge in [-0.1, -0.05) is 0 Å². The first-order chi connectivity index (χ1) is 14.1. The average Bonchev–Trinajstić information content (AvgIpc) is 3.39. The summed E-state index contributed by atoms with van der Waals surface area (Å²) in [6.45, 7) is -1.96. The Morgan fingerprint density at radius 3 is 2.86 bits per heavy atom. The maximum Gasteiger partial charge on any atom is 0.387 e. The van der Waals surface area contributed by atoms with E-state index in [4.69, 9.17) is 4.74 Å². The number of halogens is 2. The number of aromatic nitrogens is 4. The van der Waals surface area contributed by atoms with E-state index in [9.17, 15) is 13.6 Å². The molecule has 0 aromatic carbocycles. The summed E-state index contributed by atoms with van der Waals surface area (Å²) in [6, 6.07) is 4.40. The molecule has 1 fully saturated rings. The summed E-state index contributed by atoms with van der Waals surface area (Å²) in [7, 11) is 0. The van der Waals surface area contributed by atoms with Gasteiger partial charge in [-0.15, -0.1) is 16.1 Å². The van der Waals surface area contributed by atoms with E-state index in [2.05, 4.69) is 19.9 Å². The number of likely N-dealkylation sites (tertiary alicyclic amines) is 1. The minimum atomic E-state index is -2.92. The number of pyridine rings is 1. The molecule has 1 aliphatic rings. The zero-order chi connectivity index (χ0) is 20.2. The Balaban J connectivity index is 1.44. The van der Waals surface area contributed by atoms with Crippen molar-refractivity contribution in [3.05, 3.63) is 47.7 Å². The molecule has 152 valence electrons. The maximum absolute atomic E-state index is 13.0. The van der Waals surface area contributed by atoms with Gasteiger partial charge in [-0.3, -0.25) is 4.79 Å². The van der Waals surface area contributed by atoms with Gasteiger partial charge >= 0.3 is 6.61 Å². The van der Waals surface area contributed by atoms with Crippen molar-refractivity contribution in [3.63, 3.8) is 0 Å². The molecule has 1 amide bonds. The van der Waals surface area contributed by atoms with Crippen molar-refractivity contribution in [1.29, 1.82) is 0 Å². The molecule has 29 heavy (non-hydrogen) atoms. The van der Waals surface area contributed by atoms with E-state index in [1.54, 1.807) is 23.4 Å². The molecular formula is C18H17F2N5O3S. The van der Waals surface area contributed by atoms with Crippen LogP contribution in [-0.2, 0) is 0 Å². The highest BCUT2D eigenvalue weighted by Gasteiger charge is 2.28. The highest BCUT2D eigenvalue weighted by molar-refractivity contribution is 7.12. The van der Waals surface area contributed by atoms with Crippen LogP contribution >= 0.6 is 11.3 Å². The standard InChI is InChI=1S/C18H17F2N5O3S/c19-18(20)28-12-3-5-21-15(10-12)27-13-2-1-8-24(11-13)16(26)14-4-9-29-17(14)25-22-6-7-23-25/h3-7,9-10,13,18H,1-2,8,11H2/t13-/m1/s1. The molecule has 0 saturated carbocycles.